The lowest BCUT2D eigenvalue weighted by molar-refractivity contribution is 0.0742. The Balaban J connectivity index is 2.14. The van der Waals surface area contributed by atoms with Crippen LogP contribution in [-0.2, 0) is 0 Å². The second kappa shape index (κ2) is 5.90. The van der Waals surface area contributed by atoms with E-state index in [9.17, 15) is 9.18 Å². The van der Waals surface area contributed by atoms with Crippen LogP contribution >= 0.6 is 0 Å². The first kappa shape index (κ1) is 14.3. The lowest BCUT2D eigenvalue weighted by Crippen LogP contribution is -2.36. The normalized spacial score (nSPS) is 15.2. The topological polar surface area (TPSA) is 78.9 Å². The molecule has 1 saturated carbocycles. The molecule has 6 heteroatoms. The van der Waals surface area contributed by atoms with Crippen LogP contribution in [0.15, 0.2) is 23.4 Å². The Labute approximate surface area is 116 Å². The zero-order valence-electron chi connectivity index (χ0n) is 11.3. The van der Waals surface area contributed by atoms with Crippen molar-refractivity contribution >= 4 is 11.7 Å². The third-order valence-corrected chi connectivity index (χ3v) is 3.34. The van der Waals surface area contributed by atoms with Gasteiger partial charge >= 0.3 is 0 Å². The predicted octanol–water partition coefficient (Wildman–Crippen LogP) is 1.88. The van der Waals surface area contributed by atoms with E-state index in [0.29, 0.717) is 6.54 Å². The molecule has 3 N–H and O–H groups in total. The number of benzene rings is 1. The first-order valence-electron chi connectivity index (χ1n) is 6.56. The Morgan fingerprint density at radius 3 is 2.80 bits per heavy atom. The number of nitrogens with two attached hydrogens (primary N) is 1. The van der Waals surface area contributed by atoms with Crippen molar-refractivity contribution in [3.05, 3.63) is 35.1 Å². The van der Waals surface area contributed by atoms with Gasteiger partial charge in [-0.1, -0.05) is 11.2 Å². The van der Waals surface area contributed by atoms with Gasteiger partial charge in [0.2, 0.25) is 0 Å². The predicted molar refractivity (Wildman–Crippen MR) is 73.2 cm³/mol. The highest BCUT2D eigenvalue weighted by Crippen LogP contribution is 2.29. The van der Waals surface area contributed by atoms with Crippen LogP contribution in [0.2, 0.25) is 0 Å². The van der Waals surface area contributed by atoms with Gasteiger partial charge in [0, 0.05) is 19.0 Å². The van der Waals surface area contributed by atoms with Crippen molar-refractivity contribution in [2.75, 3.05) is 6.54 Å². The molecule has 20 heavy (non-hydrogen) atoms. The van der Waals surface area contributed by atoms with Gasteiger partial charge in [-0.15, -0.1) is 0 Å². The molecule has 0 aliphatic heterocycles. The Morgan fingerprint density at radius 1 is 1.55 bits per heavy atom. The Kier molecular flexibility index (Phi) is 4.22. The molecule has 1 aromatic rings. The molecular weight excluding hydrogens is 261 g/mol. The monoisotopic (exact) mass is 279 g/mol. The minimum atomic E-state index is -0.510. The van der Waals surface area contributed by atoms with E-state index < -0.39 is 5.82 Å². The van der Waals surface area contributed by atoms with Gasteiger partial charge in [0.15, 0.2) is 0 Å². The molecule has 5 nitrogen and oxygen atoms in total. The van der Waals surface area contributed by atoms with E-state index in [1.54, 1.807) is 17.9 Å². The summed E-state index contributed by atoms with van der Waals surface area (Å²) in [6.45, 7) is 2.10. The Bertz CT molecular complexity index is 541. The van der Waals surface area contributed by atoms with Gasteiger partial charge in [0.1, 0.15) is 11.7 Å². The largest absolute Gasteiger partial charge is 0.409 e. The first-order chi connectivity index (χ1) is 9.52. The fourth-order valence-electron chi connectivity index (χ4n) is 2.07. The van der Waals surface area contributed by atoms with E-state index in [1.165, 1.54) is 12.1 Å². The molecule has 0 bridgehead atoms. The number of carbonyl (C=O) groups excluding carboxylic acids is 1. The number of rotatable bonds is 5. The molecule has 1 aliphatic rings. The second-order valence-corrected chi connectivity index (χ2v) is 5.05. The zero-order valence-corrected chi connectivity index (χ0v) is 11.3. The smallest absolute Gasteiger partial charge is 0.257 e. The lowest BCUT2D eigenvalue weighted by atomic mass is 10.1. The van der Waals surface area contributed by atoms with Crippen LogP contribution in [0.25, 0.3) is 0 Å². The standard InChI is InChI=1S/C14H18FN3O2/c1-9-2-5-11(12(15)8-9)14(19)18(10-3-4-10)7-6-13(16)17-20/h2,5,8,10,20H,3-4,6-7H2,1H3,(H2,16,17). The van der Waals surface area contributed by atoms with Gasteiger partial charge in [0.25, 0.3) is 5.91 Å². The average molecular weight is 279 g/mol. The van der Waals surface area contributed by atoms with E-state index in [0.717, 1.165) is 18.4 Å². The summed E-state index contributed by atoms with van der Waals surface area (Å²) in [5.74, 6) is -0.784. The average Bonchev–Trinajstić information content (AvgIpc) is 3.23. The van der Waals surface area contributed by atoms with Gasteiger partial charge in [0.05, 0.1) is 5.56 Å². The molecule has 1 aromatic carbocycles. The summed E-state index contributed by atoms with van der Waals surface area (Å²) in [6.07, 6.45) is 2.09. The summed E-state index contributed by atoms with van der Waals surface area (Å²) in [6, 6.07) is 4.70. The molecule has 108 valence electrons. The summed E-state index contributed by atoms with van der Waals surface area (Å²) >= 11 is 0. The second-order valence-electron chi connectivity index (χ2n) is 5.05. The minimum absolute atomic E-state index is 0.0628. The maximum absolute atomic E-state index is 13.9. The van der Waals surface area contributed by atoms with Crippen LogP contribution in [0.1, 0.15) is 35.2 Å². The zero-order chi connectivity index (χ0) is 14.7. The third-order valence-electron chi connectivity index (χ3n) is 3.34. The molecule has 1 aliphatic carbocycles. The number of nitrogens with zero attached hydrogens (tertiary/aromatic N) is 2. The molecule has 0 aromatic heterocycles. The van der Waals surface area contributed by atoms with E-state index in [-0.39, 0.29) is 29.8 Å². The molecule has 0 heterocycles. The van der Waals surface area contributed by atoms with Crippen molar-refractivity contribution in [3.63, 3.8) is 0 Å². The summed E-state index contributed by atoms with van der Waals surface area (Å²) < 4.78 is 13.9. The highest BCUT2D eigenvalue weighted by Gasteiger charge is 2.33. The van der Waals surface area contributed by atoms with Crippen molar-refractivity contribution in [3.8, 4) is 0 Å². The molecule has 2 rings (SSSR count). The van der Waals surface area contributed by atoms with Crippen molar-refractivity contribution in [2.45, 2.75) is 32.2 Å². The Hall–Kier alpha value is -2.11. The van der Waals surface area contributed by atoms with Gasteiger partial charge in [-0.3, -0.25) is 4.79 Å². The molecule has 0 atom stereocenters. The van der Waals surface area contributed by atoms with E-state index in [1.807, 2.05) is 0 Å². The molecule has 0 saturated heterocycles. The first-order valence-corrected chi connectivity index (χ1v) is 6.56. The number of halogens is 1. The summed E-state index contributed by atoms with van der Waals surface area (Å²) in [5, 5.41) is 11.4. The summed E-state index contributed by atoms with van der Waals surface area (Å²) in [5.41, 5.74) is 6.26. The molecule has 1 amide bonds. The van der Waals surface area contributed by atoms with Crippen molar-refractivity contribution in [2.24, 2.45) is 10.9 Å². The van der Waals surface area contributed by atoms with E-state index in [4.69, 9.17) is 10.9 Å². The van der Waals surface area contributed by atoms with Gasteiger partial charge in [-0.2, -0.15) is 0 Å². The molecule has 0 spiro atoms. The van der Waals surface area contributed by atoms with Crippen molar-refractivity contribution in [1.29, 1.82) is 0 Å². The number of hydrogen-bond donors (Lipinski definition) is 2. The Morgan fingerprint density at radius 2 is 2.25 bits per heavy atom. The minimum Gasteiger partial charge on any atom is -0.409 e. The van der Waals surface area contributed by atoms with Crippen LogP contribution in [0.3, 0.4) is 0 Å². The van der Waals surface area contributed by atoms with Crippen LogP contribution in [0, 0.1) is 12.7 Å². The van der Waals surface area contributed by atoms with Crippen molar-refractivity contribution < 1.29 is 14.4 Å². The number of amides is 1. The summed E-state index contributed by atoms with van der Waals surface area (Å²) in [4.78, 5) is 14.0. The van der Waals surface area contributed by atoms with Crippen LogP contribution in [0.5, 0.6) is 0 Å². The number of amidine groups is 1. The lowest BCUT2D eigenvalue weighted by Gasteiger charge is -2.22. The van der Waals surface area contributed by atoms with Gasteiger partial charge < -0.3 is 15.8 Å². The quantitative estimate of drug-likeness (QED) is 0.374. The van der Waals surface area contributed by atoms with Crippen LogP contribution < -0.4 is 5.73 Å². The number of aryl methyl sites for hydroxylation is 1. The van der Waals surface area contributed by atoms with E-state index >= 15 is 0 Å². The van der Waals surface area contributed by atoms with Crippen LogP contribution in [0.4, 0.5) is 4.39 Å². The fraction of sp³-hybridized carbons (Fsp3) is 0.429. The molecule has 0 radical (unpaired) electrons. The number of carbonyl (C=O) groups is 1. The third kappa shape index (κ3) is 3.26. The van der Waals surface area contributed by atoms with E-state index in [2.05, 4.69) is 5.16 Å². The van der Waals surface area contributed by atoms with Crippen molar-refractivity contribution in [1.82, 2.24) is 4.90 Å². The molecule has 0 unspecified atom stereocenters. The number of oxime groups is 1. The van der Waals surface area contributed by atoms with Crippen LogP contribution in [-0.4, -0.2) is 34.4 Å². The molecule has 1 fully saturated rings. The number of hydrogen-bond acceptors (Lipinski definition) is 3. The van der Waals surface area contributed by atoms with Gasteiger partial charge in [-0.05, 0) is 37.5 Å². The molecular formula is C14H18FN3O2. The summed E-state index contributed by atoms with van der Waals surface area (Å²) in [7, 11) is 0. The SMILES string of the molecule is Cc1ccc(C(=O)N(CC/C(N)=N/O)C2CC2)c(F)c1. The maximum atomic E-state index is 13.9. The fourth-order valence-corrected chi connectivity index (χ4v) is 2.07. The maximum Gasteiger partial charge on any atom is 0.257 e. The van der Waals surface area contributed by atoms with Gasteiger partial charge in [-0.25, -0.2) is 4.39 Å². The highest BCUT2D eigenvalue weighted by molar-refractivity contribution is 5.95. The highest BCUT2D eigenvalue weighted by atomic mass is 19.1.